The summed E-state index contributed by atoms with van der Waals surface area (Å²) in [4.78, 5) is 10.0. The van der Waals surface area contributed by atoms with Crippen LogP contribution in [0, 0.1) is 10.1 Å². The standard InChI is InChI=1S/C13H21N3O4S/c1-10(2)14-9-13(3,4)15-21(19,20)12-7-5-11(6-8-12)16(17)18/h5-8,10,14-15H,9H2,1-4H3. The van der Waals surface area contributed by atoms with E-state index in [9.17, 15) is 18.5 Å². The molecule has 0 radical (unpaired) electrons. The lowest BCUT2D eigenvalue weighted by Crippen LogP contribution is -2.51. The van der Waals surface area contributed by atoms with Crippen molar-refractivity contribution in [3.63, 3.8) is 0 Å². The summed E-state index contributed by atoms with van der Waals surface area (Å²) in [5.74, 6) is 0. The molecule has 7 nitrogen and oxygen atoms in total. The van der Waals surface area contributed by atoms with E-state index in [1.807, 2.05) is 13.8 Å². The highest BCUT2D eigenvalue weighted by molar-refractivity contribution is 7.89. The van der Waals surface area contributed by atoms with Gasteiger partial charge in [-0.1, -0.05) is 13.8 Å². The van der Waals surface area contributed by atoms with Gasteiger partial charge in [0.05, 0.1) is 9.82 Å². The first kappa shape index (κ1) is 17.5. The predicted molar refractivity (Wildman–Crippen MR) is 80.6 cm³/mol. The number of hydrogen-bond donors (Lipinski definition) is 2. The van der Waals surface area contributed by atoms with E-state index in [-0.39, 0.29) is 16.6 Å². The van der Waals surface area contributed by atoms with Crippen LogP contribution in [0.25, 0.3) is 0 Å². The summed E-state index contributed by atoms with van der Waals surface area (Å²) in [6, 6.07) is 5.05. The molecule has 118 valence electrons. The molecule has 0 spiro atoms. The van der Waals surface area contributed by atoms with Gasteiger partial charge in [-0.15, -0.1) is 0 Å². The van der Waals surface area contributed by atoms with E-state index in [4.69, 9.17) is 0 Å². The van der Waals surface area contributed by atoms with E-state index >= 15 is 0 Å². The number of nitrogens with zero attached hydrogens (tertiary/aromatic N) is 1. The zero-order chi connectivity index (χ0) is 16.3. The summed E-state index contributed by atoms with van der Waals surface area (Å²) < 4.78 is 27.1. The number of sulfonamides is 1. The van der Waals surface area contributed by atoms with E-state index in [1.165, 1.54) is 24.3 Å². The molecular formula is C13H21N3O4S. The molecule has 0 atom stereocenters. The Morgan fingerprint density at radius 2 is 1.76 bits per heavy atom. The van der Waals surface area contributed by atoms with Crippen molar-refractivity contribution in [2.24, 2.45) is 0 Å². The predicted octanol–water partition coefficient (Wildman–Crippen LogP) is 1.65. The lowest BCUT2D eigenvalue weighted by atomic mass is 10.1. The number of benzene rings is 1. The van der Waals surface area contributed by atoms with Crippen molar-refractivity contribution >= 4 is 15.7 Å². The summed E-state index contributed by atoms with van der Waals surface area (Å²) in [6.07, 6.45) is 0. The molecule has 0 amide bonds. The fourth-order valence-electron chi connectivity index (χ4n) is 1.67. The van der Waals surface area contributed by atoms with Crippen LogP contribution in [0.2, 0.25) is 0 Å². The summed E-state index contributed by atoms with van der Waals surface area (Å²) >= 11 is 0. The van der Waals surface area contributed by atoms with Crippen LogP contribution in [0.5, 0.6) is 0 Å². The van der Waals surface area contributed by atoms with Crippen molar-refractivity contribution in [3.05, 3.63) is 34.4 Å². The van der Waals surface area contributed by atoms with Gasteiger partial charge >= 0.3 is 0 Å². The first-order valence-electron chi connectivity index (χ1n) is 6.55. The Hall–Kier alpha value is -1.51. The maximum Gasteiger partial charge on any atom is 0.269 e. The molecule has 0 aliphatic carbocycles. The van der Waals surface area contributed by atoms with Crippen LogP contribution in [-0.2, 0) is 10.0 Å². The number of non-ortho nitro benzene ring substituents is 1. The van der Waals surface area contributed by atoms with Gasteiger partial charge in [0.15, 0.2) is 0 Å². The molecule has 1 aromatic carbocycles. The Morgan fingerprint density at radius 3 is 2.19 bits per heavy atom. The van der Waals surface area contributed by atoms with Crippen molar-refractivity contribution in [2.75, 3.05) is 6.54 Å². The van der Waals surface area contributed by atoms with E-state index in [2.05, 4.69) is 10.0 Å². The van der Waals surface area contributed by atoms with Crippen molar-refractivity contribution in [1.82, 2.24) is 10.0 Å². The maximum absolute atomic E-state index is 12.3. The van der Waals surface area contributed by atoms with Crippen LogP contribution < -0.4 is 10.0 Å². The van der Waals surface area contributed by atoms with Gasteiger partial charge in [-0.2, -0.15) is 0 Å². The minimum absolute atomic E-state index is 0.00530. The lowest BCUT2D eigenvalue weighted by molar-refractivity contribution is -0.384. The monoisotopic (exact) mass is 315 g/mol. The van der Waals surface area contributed by atoms with Gasteiger partial charge in [0.1, 0.15) is 0 Å². The second-order valence-corrected chi connectivity index (χ2v) is 7.46. The van der Waals surface area contributed by atoms with Crippen LogP contribution in [0.1, 0.15) is 27.7 Å². The Bertz CT molecular complexity index is 594. The third kappa shape index (κ3) is 5.41. The van der Waals surface area contributed by atoms with Gasteiger partial charge in [-0.25, -0.2) is 13.1 Å². The van der Waals surface area contributed by atoms with Gasteiger partial charge in [0, 0.05) is 30.3 Å². The molecule has 1 rings (SSSR count). The molecule has 1 aromatic rings. The van der Waals surface area contributed by atoms with Gasteiger partial charge in [-0.05, 0) is 26.0 Å². The maximum atomic E-state index is 12.3. The largest absolute Gasteiger partial charge is 0.313 e. The average molecular weight is 315 g/mol. The number of nitro groups is 1. The van der Waals surface area contributed by atoms with Crippen LogP contribution in [-0.4, -0.2) is 31.5 Å². The van der Waals surface area contributed by atoms with Crippen molar-refractivity contribution in [3.8, 4) is 0 Å². The normalized spacial score (nSPS) is 12.6. The summed E-state index contributed by atoms with van der Waals surface area (Å²) in [7, 11) is -3.72. The molecule has 8 heteroatoms. The number of rotatable bonds is 7. The van der Waals surface area contributed by atoms with Gasteiger partial charge < -0.3 is 5.32 Å². The molecule has 21 heavy (non-hydrogen) atoms. The molecule has 0 saturated carbocycles. The second-order valence-electron chi connectivity index (χ2n) is 5.78. The number of nitrogens with one attached hydrogen (secondary N) is 2. The van der Waals surface area contributed by atoms with Crippen molar-refractivity contribution in [2.45, 2.75) is 44.2 Å². The highest BCUT2D eigenvalue weighted by atomic mass is 32.2. The van der Waals surface area contributed by atoms with Crippen LogP contribution >= 0.6 is 0 Å². The molecule has 0 heterocycles. The van der Waals surface area contributed by atoms with Crippen molar-refractivity contribution in [1.29, 1.82) is 0 Å². The number of hydrogen-bond acceptors (Lipinski definition) is 5. The lowest BCUT2D eigenvalue weighted by Gasteiger charge is -2.27. The zero-order valence-electron chi connectivity index (χ0n) is 12.6. The second kappa shape index (κ2) is 6.50. The molecule has 0 aliphatic rings. The van der Waals surface area contributed by atoms with E-state index in [0.29, 0.717) is 6.54 Å². The van der Waals surface area contributed by atoms with Gasteiger partial charge in [0.2, 0.25) is 10.0 Å². The molecule has 0 saturated heterocycles. The van der Waals surface area contributed by atoms with E-state index in [0.717, 1.165) is 0 Å². The summed E-state index contributed by atoms with van der Waals surface area (Å²) in [5, 5.41) is 13.7. The third-order valence-corrected chi connectivity index (χ3v) is 4.43. The van der Waals surface area contributed by atoms with Crippen LogP contribution in [0.4, 0.5) is 5.69 Å². The third-order valence-electron chi connectivity index (χ3n) is 2.72. The molecule has 0 bridgehead atoms. The Kier molecular flexibility index (Phi) is 5.43. The molecule has 0 unspecified atom stereocenters. The average Bonchev–Trinajstić information content (AvgIpc) is 2.35. The summed E-state index contributed by atoms with van der Waals surface area (Å²) in [6.45, 7) is 7.95. The smallest absolute Gasteiger partial charge is 0.269 e. The minimum Gasteiger partial charge on any atom is -0.313 e. The minimum atomic E-state index is -3.72. The first-order valence-corrected chi connectivity index (χ1v) is 8.04. The topological polar surface area (TPSA) is 101 Å². The van der Waals surface area contributed by atoms with Crippen LogP contribution in [0.3, 0.4) is 0 Å². The van der Waals surface area contributed by atoms with Gasteiger partial charge in [-0.3, -0.25) is 10.1 Å². The molecule has 0 aromatic heterocycles. The molecular weight excluding hydrogens is 294 g/mol. The molecule has 2 N–H and O–H groups in total. The van der Waals surface area contributed by atoms with E-state index < -0.39 is 20.5 Å². The Labute approximate surface area is 124 Å². The quantitative estimate of drug-likeness (QED) is 0.588. The molecule has 0 aliphatic heterocycles. The zero-order valence-corrected chi connectivity index (χ0v) is 13.4. The Balaban J connectivity index is 2.88. The number of nitro benzene ring substituents is 1. The summed E-state index contributed by atoms with van der Waals surface area (Å²) in [5.41, 5.74) is -0.820. The highest BCUT2D eigenvalue weighted by Gasteiger charge is 2.26. The van der Waals surface area contributed by atoms with Crippen LogP contribution in [0.15, 0.2) is 29.2 Å². The first-order chi connectivity index (χ1) is 9.53. The Morgan fingerprint density at radius 1 is 1.24 bits per heavy atom. The molecule has 0 fully saturated rings. The highest BCUT2D eigenvalue weighted by Crippen LogP contribution is 2.17. The SMILES string of the molecule is CC(C)NCC(C)(C)NS(=O)(=O)c1ccc([N+](=O)[O-])cc1. The van der Waals surface area contributed by atoms with Gasteiger partial charge in [0.25, 0.3) is 5.69 Å². The fraction of sp³-hybridized carbons (Fsp3) is 0.538. The fourth-order valence-corrected chi connectivity index (χ4v) is 3.08. The van der Waals surface area contributed by atoms with E-state index in [1.54, 1.807) is 13.8 Å². The van der Waals surface area contributed by atoms with Crippen molar-refractivity contribution < 1.29 is 13.3 Å².